The van der Waals surface area contributed by atoms with Crippen LogP contribution in [-0.4, -0.2) is 12.6 Å². The van der Waals surface area contributed by atoms with Crippen molar-refractivity contribution in [3.05, 3.63) is 12.2 Å². The third-order valence-electron chi connectivity index (χ3n) is 0.624. The molecule has 0 aliphatic carbocycles. The van der Waals surface area contributed by atoms with Crippen LogP contribution in [0.4, 0.5) is 0 Å². The van der Waals surface area contributed by atoms with Crippen LogP contribution in [0.2, 0.25) is 0 Å². The number of ether oxygens (including phenoxy) is 1. The van der Waals surface area contributed by atoms with E-state index in [-0.39, 0.29) is 24.5 Å². The molecule has 0 aromatic rings. The number of rotatable bonds is 2. The van der Waals surface area contributed by atoms with Gasteiger partial charge in [-0.3, -0.25) is 0 Å². The molecule has 4 heteroatoms. The molecule has 0 heterocycles. The van der Waals surface area contributed by atoms with Crippen molar-refractivity contribution in [3.63, 3.8) is 0 Å². The Morgan fingerprint density at radius 3 is 2.10 bits per heavy atom. The molecular weight excluding hydrogens is 154 g/mol. The van der Waals surface area contributed by atoms with Gasteiger partial charge >= 0.3 is 5.97 Å². The lowest BCUT2D eigenvalue weighted by atomic mass is 10.4. The van der Waals surface area contributed by atoms with Gasteiger partial charge in [-0.15, -0.1) is 12.4 Å². The summed E-state index contributed by atoms with van der Waals surface area (Å²) in [6.07, 6.45) is 0. The van der Waals surface area contributed by atoms with E-state index in [1.165, 1.54) is 0 Å². The molecule has 3 nitrogen and oxygen atoms in total. The normalized spacial score (nSPS) is 6.60. The lowest BCUT2D eigenvalue weighted by Gasteiger charge is -1.96. The molecule has 0 aromatic heterocycles. The van der Waals surface area contributed by atoms with E-state index < -0.39 is 0 Å². The maximum Gasteiger partial charge on any atom is 0.333 e. The van der Waals surface area contributed by atoms with Crippen LogP contribution < -0.4 is 6.15 Å². The predicted molar refractivity (Wildman–Crippen MR) is 44.7 cm³/mol. The minimum absolute atomic E-state index is 0. The SMILES string of the molecule is C=C(C)C(=O)OCC.Cl.[NH4+]. The number of carbonyl (C=O) groups excluding carboxylic acids is 1. The summed E-state index contributed by atoms with van der Waals surface area (Å²) in [7, 11) is 0. The molecule has 0 radical (unpaired) electrons. The maximum atomic E-state index is 10.4. The average molecular weight is 169 g/mol. The van der Waals surface area contributed by atoms with Crippen LogP contribution in [0.3, 0.4) is 0 Å². The van der Waals surface area contributed by atoms with Crippen LogP contribution in [0.25, 0.3) is 0 Å². The molecule has 10 heavy (non-hydrogen) atoms. The fourth-order valence-corrected chi connectivity index (χ4v) is 0.254. The number of quaternary nitrogens is 1. The summed E-state index contributed by atoms with van der Waals surface area (Å²) in [5.74, 6) is -0.312. The van der Waals surface area contributed by atoms with Crippen LogP contribution in [0, 0.1) is 0 Å². The molecule has 0 saturated heterocycles. The minimum atomic E-state index is -0.312. The van der Waals surface area contributed by atoms with Gasteiger partial charge < -0.3 is 10.9 Å². The van der Waals surface area contributed by atoms with Gasteiger partial charge in [0.1, 0.15) is 0 Å². The Hall–Kier alpha value is -0.540. The molecule has 0 saturated carbocycles. The molecule has 0 amide bonds. The highest BCUT2D eigenvalue weighted by molar-refractivity contribution is 5.86. The fraction of sp³-hybridized carbons (Fsp3) is 0.500. The molecule has 0 bridgehead atoms. The number of carbonyl (C=O) groups is 1. The molecule has 0 aliphatic heterocycles. The first kappa shape index (κ1) is 16.2. The quantitative estimate of drug-likeness (QED) is 0.506. The Morgan fingerprint density at radius 1 is 1.60 bits per heavy atom. The van der Waals surface area contributed by atoms with E-state index in [1.54, 1.807) is 13.8 Å². The Kier molecular flexibility index (Phi) is 13.7. The van der Waals surface area contributed by atoms with Crippen molar-refractivity contribution < 1.29 is 9.53 Å². The van der Waals surface area contributed by atoms with Crippen LogP contribution in [-0.2, 0) is 9.53 Å². The van der Waals surface area contributed by atoms with Crippen molar-refractivity contribution in [1.82, 2.24) is 6.15 Å². The summed E-state index contributed by atoms with van der Waals surface area (Å²) in [5, 5.41) is 0. The van der Waals surface area contributed by atoms with Crippen molar-refractivity contribution in [1.29, 1.82) is 0 Å². The predicted octanol–water partition coefficient (Wildman–Crippen LogP) is 1.92. The molecule has 0 atom stereocenters. The van der Waals surface area contributed by atoms with E-state index >= 15 is 0 Å². The third-order valence-corrected chi connectivity index (χ3v) is 0.624. The van der Waals surface area contributed by atoms with E-state index in [9.17, 15) is 4.79 Å². The summed E-state index contributed by atoms with van der Waals surface area (Å²) in [6, 6.07) is 0. The number of hydrogen-bond donors (Lipinski definition) is 1. The van der Waals surface area contributed by atoms with Gasteiger partial charge in [0.2, 0.25) is 0 Å². The van der Waals surface area contributed by atoms with Gasteiger partial charge in [-0.2, -0.15) is 0 Å². The highest BCUT2D eigenvalue weighted by Gasteiger charge is 1.98. The largest absolute Gasteiger partial charge is 0.463 e. The molecule has 0 rings (SSSR count). The van der Waals surface area contributed by atoms with Gasteiger partial charge in [0.15, 0.2) is 0 Å². The van der Waals surface area contributed by atoms with E-state index in [2.05, 4.69) is 11.3 Å². The standard InChI is InChI=1S/C6H10O2.ClH.H3N/c1-4-8-6(7)5(2)3;;/h2,4H2,1,3H3;1H;1H3/p+1. The average Bonchev–Trinajstić information content (AvgIpc) is 1.67. The second-order valence-corrected chi connectivity index (χ2v) is 1.50. The first-order valence-electron chi connectivity index (χ1n) is 2.51. The van der Waals surface area contributed by atoms with Crippen molar-refractivity contribution >= 4 is 18.4 Å². The minimum Gasteiger partial charge on any atom is -0.463 e. The zero-order valence-electron chi connectivity index (χ0n) is 6.64. The van der Waals surface area contributed by atoms with Crippen molar-refractivity contribution in [2.24, 2.45) is 0 Å². The first-order chi connectivity index (χ1) is 3.68. The van der Waals surface area contributed by atoms with Gasteiger partial charge in [0.25, 0.3) is 0 Å². The van der Waals surface area contributed by atoms with Gasteiger partial charge in [0, 0.05) is 5.57 Å². The molecule has 62 valence electrons. The highest BCUT2D eigenvalue weighted by Crippen LogP contribution is 1.89. The van der Waals surface area contributed by atoms with Crippen LogP contribution in [0.15, 0.2) is 12.2 Å². The molecule has 0 aromatic carbocycles. The third kappa shape index (κ3) is 7.46. The summed E-state index contributed by atoms with van der Waals surface area (Å²) < 4.78 is 4.56. The van der Waals surface area contributed by atoms with Crippen molar-refractivity contribution in [3.8, 4) is 0 Å². The molecular formula is C6H15ClNO2+. The molecule has 4 N–H and O–H groups in total. The number of halogens is 1. The van der Waals surface area contributed by atoms with E-state index in [4.69, 9.17) is 0 Å². The van der Waals surface area contributed by atoms with Crippen LogP contribution in [0.1, 0.15) is 13.8 Å². The molecule has 0 spiro atoms. The molecule has 0 unspecified atom stereocenters. The molecule has 0 aliphatic rings. The van der Waals surface area contributed by atoms with E-state index in [0.717, 1.165) is 0 Å². The van der Waals surface area contributed by atoms with Gasteiger partial charge in [-0.1, -0.05) is 6.58 Å². The summed E-state index contributed by atoms with van der Waals surface area (Å²) >= 11 is 0. The Morgan fingerprint density at radius 2 is 2.00 bits per heavy atom. The van der Waals surface area contributed by atoms with Crippen molar-refractivity contribution in [2.45, 2.75) is 13.8 Å². The van der Waals surface area contributed by atoms with Gasteiger partial charge in [-0.25, -0.2) is 4.79 Å². The summed E-state index contributed by atoms with van der Waals surface area (Å²) in [4.78, 5) is 10.4. The second-order valence-electron chi connectivity index (χ2n) is 1.50. The van der Waals surface area contributed by atoms with E-state index in [1.807, 2.05) is 0 Å². The monoisotopic (exact) mass is 168 g/mol. The topological polar surface area (TPSA) is 62.8 Å². The second kappa shape index (κ2) is 8.46. The first-order valence-corrected chi connectivity index (χ1v) is 2.51. The van der Waals surface area contributed by atoms with Crippen molar-refractivity contribution in [2.75, 3.05) is 6.61 Å². The Balaban J connectivity index is -0.000000245. The Labute approximate surface area is 67.4 Å². The van der Waals surface area contributed by atoms with E-state index in [0.29, 0.717) is 12.2 Å². The lowest BCUT2D eigenvalue weighted by molar-refractivity contribution is -0.138. The zero-order chi connectivity index (χ0) is 6.57. The number of hydrogen-bond acceptors (Lipinski definition) is 2. The maximum absolute atomic E-state index is 10.4. The molecule has 0 fully saturated rings. The summed E-state index contributed by atoms with van der Waals surface area (Å²) in [5.41, 5.74) is 0.451. The number of esters is 1. The highest BCUT2D eigenvalue weighted by atomic mass is 35.5. The van der Waals surface area contributed by atoms with Gasteiger partial charge in [0.05, 0.1) is 6.61 Å². The lowest BCUT2D eigenvalue weighted by Crippen LogP contribution is -2.03. The van der Waals surface area contributed by atoms with Crippen LogP contribution >= 0.6 is 12.4 Å². The van der Waals surface area contributed by atoms with Gasteiger partial charge in [-0.05, 0) is 13.8 Å². The zero-order valence-corrected chi connectivity index (χ0v) is 7.46. The van der Waals surface area contributed by atoms with Crippen LogP contribution in [0.5, 0.6) is 0 Å². The summed E-state index contributed by atoms with van der Waals surface area (Å²) in [6.45, 7) is 7.21. The Bertz CT molecular complexity index is 114. The smallest absolute Gasteiger partial charge is 0.333 e. The fourth-order valence-electron chi connectivity index (χ4n) is 0.254.